The van der Waals surface area contributed by atoms with Crippen molar-refractivity contribution in [3.05, 3.63) is 21.9 Å². The highest BCUT2D eigenvalue weighted by molar-refractivity contribution is 8.00. The summed E-state index contributed by atoms with van der Waals surface area (Å²) in [6.07, 6.45) is 1.87. The van der Waals surface area contributed by atoms with E-state index >= 15 is 0 Å². The third-order valence-corrected chi connectivity index (χ3v) is 4.96. The molecule has 0 radical (unpaired) electrons. The average Bonchev–Trinajstić information content (AvgIpc) is 2.99. The number of H-pyrrole nitrogens is 1. The Morgan fingerprint density at radius 3 is 2.71 bits per heavy atom. The number of rotatable bonds is 7. The van der Waals surface area contributed by atoms with E-state index in [1.165, 1.54) is 11.8 Å². The van der Waals surface area contributed by atoms with Gasteiger partial charge in [-0.15, -0.1) is 5.10 Å². The van der Waals surface area contributed by atoms with Crippen LogP contribution in [0.1, 0.15) is 38.1 Å². The Hall–Kier alpha value is -2.03. The molecule has 0 fully saturated rings. The molecule has 0 aliphatic carbocycles. The highest BCUT2D eigenvalue weighted by atomic mass is 32.2. The van der Waals surface area contributed by atoms with Gasteiger partial charge < -0.3 is 5.32 Å². The fourth-order valence-electron chi connectivity index (χ4n) is 2.30. The first-order valence-electron chi connectivity index (χ1n) is 7.98. The molecule has 0 aliphatic rings. The number of hydrogen-bond donors (Lipinski definition) is 2. The van der Waals surface area contributed by atoms with Gasteiger partial charge >= 0.3 is 5.69 Å². The van der Waals surface area contributed by atoms with Crippen LogP contribution in [0.3, 0.4) is 0 Å². The van der Waals surface area contributed by atoms with Gasteiger partial charge in [-0.25, -0.2) is 9.89 Å². The van der Waals surface area contributed by atoms with Crippen molar-refractivity contribution in [2.45, 2.75) is 57.5 Å². The summed E-state index contributed by atoms with van der Waals surface area (Å²) in [6, 6.07) is 0. The van der Waals surface area contributed by atoms with E-state index in [4.69, 9.17) is 0 Å². The van der Waals surface area contributed by atoms with Crippen LogP contribution in [-0.4, -0.2) is 35.7 Å². The van der Waals surface area contributed by atoms with E-state index in [2.05, 4.69) is 27.5 Å². The first-order chi connectivity index (χ1) is 11.3. The van der Waals surface area contributed by atoms with E-state index in [9.17, 15) is 9.59 Å². The van der Waals surface area contributed by atoms with E-state index in [1.807, 2.05) is 20.9 Å². The number of amides is 1. The molecule has 2 heterocycles. The molecular formula is C15H24N6O2S. The number of carbonyl (C=O) groups is 1. The molecule has 2 aromatic heterocycles. The van der Waals surface area contributed by atoms with Gasteiger partial charge in [-0.3, -0.25) is 14.0 Å². The molecule has 8 nitrogen and oxygen atoms in total. The van der Waals surface area contributed by atoms with Gasteiger partial charge in [0.1, 0.15) is 0 Å². The second kappa shape index (κ2) is 7.69. The van der Waals surface area contributed by atoms with Gasteiger partial charge in [-0.2, -0.15) is 5.10 Å². The number of nitrogens with zero attached hydrogens (tertiary/aromatic N) is 4. The van der Waals surface area contributed by atoms with E-state index in [1.54, 1.807) is 16.2 Å². The van der Waals surface area contributed by atoms with Gasteiger partial charge in [0.15, 0.2) is 5.16 Å². The van der Waals surface area contributed by atoms with Crippen molar-refractivity contribution in [1.82, 2.24) is 24.5 Å². The first-order valence-corrected chi connectivity index (χ1v) is 8.86. The zero-order chi connectivity index (χ0) is 17.9. The largest absolute Gasteiger partial charge is 0.343 e. The number of anilines is 1. The van der Waals surface area contributed by atoms with Gasteiger partial charge in [0, 0.05) is 13.6 Å². The summed E-state index contributed by atoms with van der Waals surface area (Å²) >= 11 is 1.27. The predicted octanol–water partition coefficient (Wildman–Crippen LogP) is 1.84. The molecular weight excluding hydrogens is 328 g/mol. The average molecular weight is 352 g/mol. The van der Waals surface area contributed by atoms with E-state index in [-0.39, 0.29) is 16.8 Å². The van der Waals surface area contributed by atoms with Crippen molar-refractivity contribution in [2.75, 3.05) is 5.32 Å². The van der Waals surface area contributed by atoms with Crippen LogP contribution in [0.4, 0.5) is 5.69 Å². The Balaban J connectivity index is 2.08. The molecule has 0 saturated carbocycles. The molecule has 9 heteroatoms. The van der Waals surface area contributed by atoms with Gasteiger partial charge in [-0.1, -0.05) is 25.1 Å². The van der Waals surface area contributed by atoms with Crippen molar-refractivity contribution in [2.24, 2.45) is 7.05 Å². The molecule has 0 unspecified atom stereocenters. The lowest BCUT2D eigenvalue weighted by molar-refractivity contribution is -0.115. The molecule has 1 atom stereocenters. The fourth-order valence-corrected chi connectivity index (χ4v) is 3.18. The molecule has 2 aromatic rings. The molecule has 0 bridgehead atoms. The minimum absolute atomic E-state index is 0.142. The standard InChI is InChI=1S/C15H24N6O2S/c1-6-7-8-21-14(23)17-18-15(21)24-11(4)13(22)16-12-9(2)19-20(5)10(12)3/h11H,6-8H2,1-5H3,(H,16,22)(H,17,23)/t11-/m0/s1. The fraction of sp³-hybridized carbons (Fsp3) is 0.600. The number of thioether (sulfide) groups is 1. The van der Waals surface area contributed by atoms with E-state index in [0.717, 1.165) is 29.9 Å². The van der Waals surface area contributed by atoms with E-state index < -0.39 is 0 Å². The Labute approximate surface area is 145 Å². The summed E-state index contributed by atoms with van der Waals surface area (Å²) in [7, 11) is 1.84. The lowest BCUT2D eigenvalue weighted by Crippen LogP contribution is -2.24. The maximum absolute atomic E-state index is 12.5. The van der Waals surface area contributed by atoms with Gasteiger partial charge in [0.2, 0.25) is 5.91 Å². The predicted molar refractivity (Wildman–Crippen MR) is 94.4 cm³/mol. The summed E-state index contributed by atoms with van der Waals surface area (Å²) in [5.41, 5.74) is 2.18. The van der Waals surface area contributed by atoms with Crippen LogP contribution in [0.5, 0.6) is 0 Å². The third kappa shape index (κ3) is 3.89. The SMILES string of the molecule is CCCCn1c(S[C@@H](C)C(=O)Nc2c(C)nn(C)c2C)n[nH]c1=O. The molecule has 1 amide bonds. The topological polar surface area (TPSA) is 97.6 Å². The molecule has 0 aliphatic heterocycles. The molecule has 0 spiro atoms. The number of unbranched alkanes of at least 4 members (excludes halogenated alkanes) is 1. The van der Waals surface area contributed by atoms with Crippen molar-refractivity contribution < 1.29 is 4.79 Å². The van der Waals surface area contributed by atoms with Crippen molar-refractivity contribution in [3.63, 3.8) is 0 Å². The Morgan fingerprint density at radius 1 is 1.42 bits per heavy atom. The number of aromatic amines is 1. The summed E-state index contributed by atoms with van der Waals surface area (Å²) in [5.74, 6) is -0.142. The number of carbonyl (C=O) groups excluding carboxylic acids is 1. The Bertz CT molecular complexity index is 776. The van der Waals surface area contributed by atoms with Crippen molar-refractivity contribution in [1.29, 1.82) is 0 Å². The van der Waals surface area contributed by atoms with E-state index in [0.29, 0.717) is 11.7 Å². The van der Waals surface area contributed by atoms with Crippen LogP contribution in [0.15, 0.2) is 9.95 Å². The van der Waals surface area contributed by atoms with Gasteiger partial charge in [0.25, 0.3) is 0 Å². The number of nitrogens with one attached hydrogen (secondary N) is 2. The molecule has 0 aromatic carbocycles. The molecule has 0 saturated heterocycles. The number of aromatic nitrogens is 5. The summed E-state index contributed by atoms with van der Waals surface area (Å²) < 4.78 is 3.32. The third-order valence-electron chi connectivity index (χ3n) is 3.87. The van der Waals surface area contributed by atoms with Gasteiger partial charge in [0.05, 0.1) is 22.3 Å². The highest BCUT2D eigenvalue weighted by Crippen LogP contribution is 2.24. The lowest BCUT2D eigenvalue weighted by atomic mass is 10.3. The Morgan fingerprint density at radius 2 is 2.12 bits per heavy atom. The quantitative estimate of drug-likeness (QED) is 0.741. The number of aryl methyl sites for hydroxylation is 2. The maximum atomic E-state index is 12.5. The smallest absolute Gasteiger partial charge is 0.322 e. The van der Waals surface area contributed by atoms with Gasteiger partial charge in [-0.05, 0) is 27.2 Å². The summed E-state index contributed by atoms with van der Waals surface area (Å²) in [6.45, 7) is 8.22. The second-order valence-electron chi connectivity index (χ2n) is 5.74. The first kappa shape index (κ1) is 18.3. The van der Waals surface area contributed by atoms with Crippen LogP contribution in [0.2, 0.25) is 0 Å². The maximum Gasteiger partial charge on any atom is 0.343 e. The minimum atomic E-state index is -0.389. The van der Waals surface area contributed by atoms with Crippen LogP contribution in [-0.2, 0) is 18.4 Å². The highest BCUT2D eigenvalue weighted by Gasteiger charge is 2.21. The van der Waals surface area contributed by atoms with Crippen molar-refractivity contribution >= 4 is 23.4 Å². The molecule has 132 valence electrons. The van der Waals surface area contributed by atoms with Crippen LogP contribution >= 0.6 is 11.8 Å². The number of hydrogen-bond acceptors (Lipinski definition) is 5. The van der Waals surface area contributed by atoms with Crippen LogP contribution in [0, 0.1) is 13.8 Å². The summed E-state index contributed by atoms with van der Waals surface area (Å²) in [4.78, 5) is 24.3. The lowest BCUT2D eigenvalue weighted by Gasteiger charge is -2.12. The zero-order valence-corrected chi connectivity index (χ0v) is 15.5. The van der Waals surface area contributed by atoms with Crippen LogP contribution in [0.25, 0.3) is 0 Å². The van der Waals surface area contributed by atoms with Crippen molar-refractivity contribution in [3.8, 4) is 0 Å². The Kier molecular flexibility index (Phi) is 5.87. The molecule has 24 heavy (non-hydrogen) atoms. The molecule has 2 N–H and O–H groups in total. The normalized spacial score (nSPS) is 12.4. The van der Waals surface area contributed by atoms with Crippen LogP contribution < -0.4 is 11.0 Å². The monoisotopic (exact) mass is 352 g/mol. The zero-order valence-electron chi connectivity index (χ0n) is 14.7. The minimum Gasteiger partial charge on any atom is -0.322 e. The second-order valence-corrected chi connectivity index (χ2v) is 7.04. The molecule has 2 rings (SSSR count). The summed E-state index contributed by atoms with van der Waals surface area (Å²) in [5, 5.41) is 13.8.